The first kappa shape index (κ1) is 9.84. The van der Waals surface area contributed by atoms with E-state index in [1.54, 1.807) is 0 Å². The maximum atomic E-state index is 5.77. The van der Waals surface area contributed by atoms with Crippen LogP contribution in [0.2, 0.25) is 0 Å². The van der Waals surface area contributed by atoms with E-state index in [1.165, 1.54) is 0 Å². The van der Waals surface area contributed by atoms with Crippen molar-refractivity contribution in [3.05, 3.63) is 22.9 Å². The van der Waals surface area contributed by atoms with Crippen molar-refractivity contribution in [1.29, 1.82) is 0 Å². The Kier molecular flexibility index (Phi) is 4.14. The number of hydrogen-bond acceptors (Lipinski definition) is 1. The summed E-state index contributed by atoms with van der Waals surface area (Å²) in [5, 5.41) is 0. The van der Waals surface area contributed by atoms with Gasteiger partial charge in [0.2, 0.25) is 0 Å². The van der Waals surface area contributed by atoms with Gasteiger partial charge in [-0.15, -0.1) is 12.3 Å². The molecule has 0 atom stereocenters. The van der Waals surface area contributed by atoms with Gasteiger partial charge in [0, 0.05) is 12.1 Å². The summed E-state index contributed by atoms with van der Waals surface area (Å²) in [4.78, 5) is 0. The maximum absolute atomic E-state index is 5.77. The summed E-state index contributed by atoms with van der Waals surface area (Å²) in [7, 11) is 0. The van der Waals surface area contributed by atoms with Crippen LogP contribution in [0.1, 0.15) is 27.2 Å². The third-order valence-corrected chi connectivity index (χ3v) is 1.68. The smallest absolute Gasteiger partial charge is 0.0339 e. The Morgan fingerprint density at radius 1 is 1.55 bits per heavy atom. The van der Waals surface area contributed by atoms with E-state index in [9.17, 15) is 0 Å². The van der Waals surface area contributed by atoms with E-state index in [0.29, 0.717) is 6.42 Å². The van der Waals surface area contributed by atoms with Crippen LogP contribution in [0.25, 0.3) is 0 Å². The summed E-state index contributed by atoms with van der Waals surface area (Å²) < 4.78 is 0. The molecule has 0 aliphatic rings. The van der Waals surface area contributed by atoms with Gasteiger partial charge in [0.1, 0.15) is 0 Å². The SMILES string of the molecule is C#CC/C(C)=C(N)\C(C)=C/C. The van der Waals surface area contributed by atoms with Crippen LogP contribution in [-0.4, -0.2) is 0 Å². The lowest BCUT2D eigenvalue weighted by Crippen LogP contribution is -2.01. The van der Waals surface area contributed by atoms with Crippen molar-refractivity contribution in [2.45, 2.75) is 27.2 Å². The third kappa shape index (κ3) is 2.95. The number of terminal acetylenes is 1. The molecular weight excluding hydrogens is 134 g/mol. The van der Waals surface area contributed by atoms with Gasteiger partial charge >= 0.3 is 0 Å². The van der Waals surface area contributed by atoms with E-state index >= 15 is 0 Å². The van der Waals surface area contributed by atoms with Crippen LogP contribution in [-0.2, 0) is 0 Å². The van der Waals surface area contributed by atoms with Crippen molar-refractivity contribution < 1.29 is 0 Å². The second-order valence-electron chi connectivity index (χ2n) is 2.55. The minimum absolute atomic E-state index is 0.636. The van der Waals surface area contributed by atoms with Crippen LogP contribution < -0.4 is 5.73 Å². The van der Waals surface area contributed by atoms with Gasteiger partial charge in [-0.05, 0) is 31.9 Å². The quantitative estimate of drug-likeness (QED) is 0.473. The van der Waals surface area contributed by atoms with Crippen molar-refractivity contribution in [2.75, 3.05) is 0 Å². The average Bonchev–Trinajstić information content (AvgIpc) is 2.02. The topological polar surface area (TPSA) is 26.0 Å². The molecule has 0 aliphatic carbocycles. The molecule has 0 heterocycles. The van der Waals surface area contributed by atoms with E-state index in [2.05, 4.69) is 5.92 Å². The first-order chi connectivity index (χ1) is 5.13. The average molecular weight is 149 g/mol. The second kappa shape index (κ2) is 4.62. The highest BCUT2D eigenvalue weighted by molar-refractivity contribution is 5.31. The number of nitrogens with two attached hydrogens (primary N) is 1. The third-order valence-electron chi connectivity index (χ3n) is 1.68. The molecule has 0 saturated heterocycles. The monoisotopic (exact) mass is 149 g/mol. The molecular formula is C10H15N. The Labute approximate surface area is 69.0 Å². The molecule has 0 fully saturated rings. The lowest BCUT2D eigenvalue weighted by atomic mass is 10.1. The van der Waals surface area contributed by atoms with Gasteiger partial charge in [-0.3, -0.25) is 0 Å². The van der Waals surface area contributed by atoms with Gasteiger partial charge in [0.15, 0.2) is 0 Å². The molecule has 2 N–H and O–H groups in total. The minimum atomic E-state index is 0.636. The molecule has 0 spiro atoms. The molecule has 11 heavy (non-hydrogen) atoms. The molecule has 0 aromatic heterocycles. The molecule has 0 aliphatic heterocycles. The van der Waals surface area contributed by atoms with E-state index < -0.39 is 0 Å². The highest BCUT2D eigenvalue weighted by Gasteiger charge is 1.96. The minimum Gasteiger partial charge on any atom is -0.399 e. The Bertz CT molecular complexity index is 226. The molecule has 0 aromatic rings. The summed E-state index contributed by atoms with van der Waals surface area (Å²) in [6, 6.07) is 0. The maximum Gasteiger partial charge on any atom is 0.0339 e. The van der Waals surface area contributed by atoms with Gasteiger partial charge in [-0.25, -0.2) is 0 Å². The summed E-state index contributed by atoms with van der Waals surface area (Å²) in [5.74, 6) is 2.56. The number of allylic oxidation sites excluding steroid dienone is 3. The first-order valence-corrected chi connectivity index (χ1v) is 3.65. The predicted octanol–water partition coefficient (Wildman–Crippen LogP) is 2.21. The van der Waals surface area contributed by atoms with E-state index in [0.717, 1.165) is 16.8 Å². The Balaban J connectivity index is 4.55. The Morgan fingerprint density at radius 3 is 2.45 bits per heavy atom. The highest BCUT2D eigenvalue weighted by atomic mass is 14.6. The molecule has 1 nitrogen and oxygen atoms in total. The van der Waals surface area contributed by atoms with E-state index in [-0.39, 0.29) is 0 Å². The Hall–Kier alpha value is -1.16. The van der Waals surface area contributed by atoms with Crippen LogP contribution in [0.5, 0.6) is 0 Å². The van der Waals surface area contributed by atoms with Crippen LogP contribution >= 0.6 is 0 Å². The van der Waals surface area contributed by atoms with E-state index in [1.807, 2.05) is 26.8 Å². The van der Waals surface area contributed by atoms with E-state index in [4.69, 9.17) is 12.2 Å². The number of hydrogen-bond donors (Lipinski definition) is 1. The van der Waals surface area contributed by atoms with Crippen LogP contribution in [0.15, 0.2) is 22.9 Å². The first-order valence-electron chi connectivity index (χ1n) is 3.65. The molecule has 1 heteroatoms. The lowest BCUT2D eigenvalue weighted by molar-refractivity contribution is 1.13. The van der Waals surface area contributed by atoms with Gasteiger partial charge in [0.25, 0.3) is 0 Å². The largest absolute Gasteiger partial charge is 0.399 e. The molecule has 0 rings (SSSR count). The van der Waals surface area contributed by atoms with Crippen molar-refractivity contribution in [1.82, 2.24) is 0 Å². The van der Waals surface area contributed by atoms with Crippen LogP contribution in [0.4, 0.5) is 0 Å². The summed E-state index contributed by atoms with van der Waals surface area (Å²) in [6.07, 6.45) is 7.77. The summed E-state index contributed by atoms with van der Waals surface area (Å²) in [6.45, 7) is 5.91. The molecule has 0 radical (unpaired) electrons. The van der Waals surface area contributed by atoms with Gasteiger partial charge in [-0.1, -0.05) is 6.08 Å². The van der Waals surface area contributed by atoms with Crippen LogP contribution in [0.3, 0.4) is 0 Å². The zero-order valence-corrected chi connectivity index (χ0v) is 7.44. The Morgan fingerprint density at radius 2 is 2.09 bits per heavy atom. The fraction of sp³-hybridized carbons (Fsp3) is 0.400. The van der Waals surface area contributed by atoms with Gasteiger partial charge in [0.05, 0.1) is 0 Å². The van der Waals surface area contributed by atoms with Crippen molar-refractivity contribution in [2.24, 2.45) is 5.73 Å². The summed E-state index contributed by atoms with van der Waals surface area (Å²) in [5.41, 5.74) is 8.77. The zero-order valence-electron chi connectivity index (χ0n) is 7.44. The van der Waals surface area contributed by atoms with Gasteiger partial charge < -0.3 is 5.73 Å². The second-order valence-corrected chi connectivity index (χ2v) is 2.55. The predicted molar refractivity (Wildman–Crippen MR) is 49.8 cm³/mol. The molecule has 0 unspecified atom stereocenters. The van der Waals surface area contributed by atoms with Crippen LogP contribution in [0, 0.1) is 12.3 Å². The fourth-order valence-corrected chi connectivity index (χ4v) is 0.740. The zero-order chi connectivity index (χ0) is 8.85. The van der Waals surface area contributed by atoms with Gasteiger partial charge in [-0.2, -0.15) is 0 Å². The molecule has 0 saturated carbocycles. The van der Waals surface area contributed by atoms with Crippen molar-refractivity contribution >= 4 is 0 Å². The normalized spacial score (nSPS) is 13.8. The standard InChI is InChI=1S/C10H15N/c1-5-7-9(4)10(11)8(3)6-2/h1,6H,7,11H2,2-4H3/b8-6-,10-9+. The molecule has 0 amide bonds. The summed E-state index contributed by atoms with van der Waals surface area (Å²) >= 11 is 0. The fourth-order valence-electron chi connectivity index (χ4n) is 0.740. The van der Waals surface area contributed by atoms with Crippen molar-refractivity contribution in [3.8, 4) is 12.3 Å². The van der Waals surface area contributed by atoms with Crippen molar-refractivity contribution in [3.63, 3.8) is 0 Å². The molecule has 60 valence electrons. The molecule has 0 aromatic carbocycles. The highest BCUT2D eigenvalue weighted by Crippen LogP contribution is 2.10. The lowest BCUT2D eigenvalue weighted by Gasteiger charge is -2.04. The molecule has 0 bridgehead atoms. The number of rotatable bonds is 2.